The van der Waals surface area contributed by atoms with E-state index in [0.717, 1.165) is 22.4 Å². The van der Waals surface area contributed by atoms with Crippen molar-refractivity contribution in [1.82, 2.24) is 0 Å². The number of nitrogens with two attached hydrogens (primary N) is 2. The molecule has 3 rings (SSSR count). The normalized spacial score (nSPS) is 17.4. The summed E-state index contributed by atoms with van der Waals surface area (Å²) in [5.41, 5.74) is 8.49. The SMILES string of the molecule is Cc1cccc(C(=O)Nc2sc3c(c2C(N)=O)CC(C)(C)[NH2+]C3(C)C)c1. The van der Waals surface area contributed by atoms with Gasteiger partial charge in [0.25, 0.3) is 11.8 Å². The molecule has 6 heteroatoms. The standard InChI is InChI=1S/C20H25N3O2S/c1-11-7-6-8-12(9-11)17(25)22-18-14(16(21)24)13-10-19(2,3)23-20(4,5)15(13)26-18/h6-9,23H,10H2,1-5H3,(H2,21,24)(H,22,25)/p+1. The molecule has 0 fully saturated rings. The minimum atomic E-state index is -0.490. The molecule has 1 aliphatic rings. The summed E-state index contributed by atoms with van der Waals surface area (Å²) in [7, 11) is 0. The zero-order valence-electron chi connectivity index (χ0n) is 15.9. The average Bonchev–Trinajstić information content (AvgIpc) is 2.84. The van der Waals surface area contributed by atoms with E-state index in [1.165, 1.54) is 11.3 Å². The molecule has 138 valence electrons. The van der Waals surface area contributed by atoms with Crippen molar-refractivity contribution in [3.05, 3.63) is 51.4 Å². The van der Waals surface area contributed by atoms with Crippen LogP contribution in [0.2, 0.25) is 0 Å². The number of carbonyl (C=O) groups excluding carboxylic acids is 2. The Balaban J connectivity index is 2.05. The first-order valence-corrected chi connectivity index (χ1v) is 9.53. The van der Waals surface area contributed by atoms with Gasteiger partial charge in [0.05, 0.1) is 16.0 Å². The summed E-state index contributed by atoms with van der Waals surface area (Å²) in [4.78, 5) is 26.0. The highest BCUT2D eigenvalue weighted by atomic mass is 32.1. The summed E-state index contributed by atoms with van der Waals surface area (Å²) < 4.78 is 0. The summed E-state index contributed by atoms with van der Waals surface area (Å²) >= 11 is 1.46. The van der Waals surface area contributed by atoms with E-state index in [9.17, 15) is 9.59 Å². The van der Waals surface area contributed by atoms with Crippen LogP contribution in [-0.2, 0) is 12.0 Å². The van der Waals surface area contributed by atoms with Crippen molar-refractivity contribution in [2.75, 3.05) is 5.32 Å². The van der Waals surface area contributed by atoms with Crippen LogP contribution in [0.4, 0.5) is 5.00 Å². The molecule has 2 aromatic rings. The Labute approximate surface area is 158 Å². The number of amides is 2. The molecular weight excluding hydrogens is 346 g/mol. The van der Waals surface area contributed by atoms with Gasteiger partial charge in [-0.25, -0.2) is 0 Å². The van der Waals surface area contributed by atoms with Gasteiger partial charge in [-0.05, 0) is 52.3 Å². The first-order valence-electron chi connectivity index (χ1n) is 8.71. The Morgan fingerprint density at radius 2 is 1.92 bits per heavy atom. The second kappa shape index (κ2) is 6.21. The van der Waals surface area contributed by atoms with Crippen LogP contribution in [0.3, 0.4) is 0 Å². The van der Waals surface area contributed by atoms with Gasteiger partial charge in [0.1, 0.15) is 10.5 Å². The van der Waals surface area contributed by atoms with Gasteiger partial charge in [0.2, 0.25) is 0 Å². The number of anilines is 1. The number of aryl methyl sites for hydroxylation is 1. The predicted octanol–water partition coefficient (Wildman–Crippen LogP) is 2.54. The maximum atomic E-state index is 12.7. The quantitative estimate of drug-likeness (QED) is 0.773. The smallest absolute Gasteiger partial charge is 0.256 e. The van der Waals surface area contributed by atoms with Crippen molar-refractivity contribution in [3.63, 3.8) is 0 Å². The minimum absolute atomic E-state index is 0.0421. The van der Waals surface area contributed by atoms with Crippen LogP contribution < -0.4 is 16.4 Å². The van der Waals surface area contributed by atoms with Crippen LogP contribution in [0.15, 0.2) is 24.3 Å². The number of thiophene rings is 1. The average molecular weight is 373 g/mol. The van der Waals surface area contributed by atoms with Gasteiger partial charge < -0.3 is 16.4 Å². The third kappa shape index (κ3) is 3.39. The molecular formula is C20H26N3O2S+. The lowest BCUT2D eigenvalue weighted by Gasteiger charge is -2.38. The lowest BCUT2D eigenvalue weighted by molar-refractivity contribution is -0.789. The number of hydrogen-bond donors (Lipinski definition) is 3. The molecule has 5 nitrogen and oxygen atoms in total. The molecule has 0 saturated heterocycles. The van der Waals surface area contributed by atoms with Crippen LogP contribution >= 0.6 is 11.3 Å². The number of carbonyl (C=O) groups is 2. The number of fused-ring (bicyclic) bond motifs is 1. The fourth-order valence-electron chi connectivity index (χ4n) is 4.01. The summed E-state index contributed by atoms with van der Waals surface area (Å²) in [6.45, 7) is 10.5. The Bertz CT molecular complexity index is 896. The molecule has 26 heavy (non-hydrogen) atoms. The minimum Gasteiger partial charge on any atom is -0.365 e. The molecule has 1 aromatic carbocycles. The van der Waals surface area contributed by atoms with E-state index < -0.39 is 5.91 Å². The van der Waals surface area contributed by atoms with Gasteiger partial charge in [0.15, 0.2) is 0 Å². The summed E-state index contributed by atoms with van der Waals surface area (Å²) in [6, 6.07) is 7.38. The molecule has 0 radical (unpaired) electrons. The molecule has 2 amide bonds. The maximum Gasteiger partial charge on any atom is 0.256 e. The van der Waals surface area contributed by atoms with E-state index in [0.29, 0.717) is 16.1 Å². The third-order valence-corrected chi connectivity index (χ3v) is 6.22. The molecule has 5 N–H and O–H groups in total. The first-order chi connectivity index (χ1) is 12.0. The number of rotatable bonds is 3. The molecule has 0 spiro atoms. The largest absolute Gasteiger partial charge is 0.365 e. The van der Waals surface area contributed by atoms with E-state index in [1.807, 2.05) is 25.1 Å². The molecule has 0 saturated carbocycles. The molecule has 0 unspecified atom stereocenters. The highest BCUT2D eigenvalue weighted by molar-refractivity contribution is 7.17. The third-order valence-electron chi connectivity index (χ3n) is 4.73. The van der Waals surface area contributed by atoms with E-state index >= 15 is 0 Å². The van der Waals surface area contributed by atoms with Gasteiger partial charge in [-0.3, -0.25) is 9.59 Å². The van der Waals surface area contributed by atoms with Gasteiger partial charge in [0, 0.05) is 12.0 Å². The Hall–Kier alpha value is -2.18. The monoisotopic (exact) mass is 372 g/mol. The summed E-state index contributed by atoms with van der Waals surface area (Å²) in [6.07, 6.45) is 0.737. The van der Waals surface area contributed by atoms with Gasteiger partial charge in [-0.2, -0.15) is 0 Å². The zero-order chi connectivity index (χ0) is 19.3. The molecule has 2 heterocycles. The van der Waals surface area contributed by atoms with Crippen LogP contribution in [0.25, 0.3) is 0 Å². The Kier molecular flexibility index (Phi) is 4.45. The van der Waals surface area contributed by atoms with Crippen molar-refractivity contribution in [1.29, 1.82) is 0 Å². The van der Waals surface area contributed by atoms with Crippen molar-refractivity contribution >= 4 is 28.2 Å². The molecule has 1 aliphatic heterocycles. The number of nitrogens with one attached hydrogen (secondary N) is 1. The second-order valence-corrected chi connectivity index (χ2v) is 9.35. The van der Waals surface area contributed by atoms with Gasteiger partial charge in [-0.15, -0.1) is 11.3 Å². The number of quaternary nitrogens is 1. The van der Waals surface area contributed by atoms with Crippen LogP contribution in [0.5, 0.6) is 0 Å². The van der Waals surface area contributed by atoms with Crippen LogP contribution in [0, 0.1) is 6.92 Å². The number of hydrogen-bond acceptors (Lipinski definition) is 3. The van der Waals surface area contributed by atoms with Crippen LogP contribution in [0.1, 0.15) is 64.4 Å². The van der Waals surface area contributed by atoms with E-state index in [1.54, 1.807) is 6.07 Å². The topological polar surface area (TPSA) is 88.8 Å². The molecule has 0 atom stereocenters. The van der Waals surface area contributed by atoms with Crippen molar-refractivity contribution < 1.29 is 14.9 Å². The Morgan fingerprint density at radius 3 is 2.54 bits per heavy atom. The van der Waals surface area contributed by atoms with Crippen molar-refractivity contribution in [2.24, 2.45) is 5.73 Å². The van der Waals surface area contributed by atoms with E-state index in [4.69, 9.17) is 5.73 Å². The maximum absolute atomic E-state index is 12.7. The number of primary amides is 1. The molecule has 0 aliphatic carbocycles. The summed E-state index contributed by atoms with van der Waals surface area (Å²) in [5.74, 6) is -0.716. The highest BCUT2D eigenvalue weighted by Gasteiger charge is 2.45. The Morgan fingerprint density at radius 1 is 1.23 bits per heavy atom. The highest BCUT2D eigenvalue weighted by Crippen LogP contribution is 2.42. The summed E-state index contributed by atoms with van der Waals surface area (Å²) in [5, 5.41) is 5.79. The number of benzene rings is 1. The second-order valence-electron chi connectivity index (χ2n) is 8.33. The van der Waals surface area contributed by atoms with Gasteiger partial charge >= 0.3 is 0 Å². The zero-order valence-corrected chi connectivity index (χ0v) is 16.7. The molecule has 0 bridgehead atoms. The van der Waals surface area contributed by atoms with Crippen LogP contribution in [-0.4, -0.2) is 17.4 Å². The van der Waals surface area contributed by atoms with Crippen molar-refractivity contribution in [3.8, 4) is 0 Å². The first kappa shape index (κ1) is 18.6. The van der Waals surface area contributed by atoms with E-state index in [2.05, 4.69) is 38.3 Å². The fourth-order valence-corrected chi connectivity index (χ4v) is 5.31. The lowest BCUT2D eigenvalue weighted by Crippen LogP contribution is -3.03. The fraction of sp³-hybridized carbons (Fsp3) is 0.400. The lowest BCUT2D eigenvalue weighted by atomic mass is 9.81. The van der Waals surface area contributed by atoms with E-state index in [-0.39, 0.29) is 17.0 Å². The predicted molar refractivity (Wildman–Crippen MR) is 105 cm³/mol. The molecule has 1 aromatic heterocycles. The van der Waals surface area contributed by atoms with Crippen molar-refractivity contribution in [2.45, 2.75) is 52.1 Å². The van der Waals surface area contributed by atoms with Gasteiger partial charge in [-0.1, -0.05) is 17.7 Å².